The molecule has 10 heteroatoms. The highest BCUT2D eigenvalue weighted by molar-refractivity contribution is 6.31. The van der Waals surface area contributed by atoms with Gasteiger partial charge in [0.05, 0.1) is 11.1 Å². The molecule has 1 aromatic carbocycles. The van der Waals surface area contributed by atoms with Crippen LogP contribution in [0.4, 0.5) is 19.0 Å². The number of H-pyrrole nitrogens is 1. The van der Waals surface area contributed by atoms with E-state index in [1.165, 1.54) is 17.7 Å². The topological polar surface area (TPSA) is 70.0 Å². The number of halogens is 5. The van der Waals surface area contributed by atoms with Gasteiger partial charge < -0.3 is 16.0 Å². The van der Waals surface area contributed by atoms with Crippen LogP contribution >= 0.6 is 23.2 Å². The second kappa shape index (κ2) is 8.86. The number of aromatic nitrogens is 2. The van der Waals surface area contributed by atoms with Crippen LogP contribution in [0.1, 0.15) is 29.4 Å². The molecule has 166 valence electrons. The highest BCUT2D eigenvalue weighted by atomic mass is 35.5. The Hall–Kier alpha value is -2.00. The number of hydrogen-bond donors (Lipinski definition) is 3. The molecule has 0 saturated heterocycles. The van der Waals surface area contributed by atoms with E-state index in [9.17, 15) is 13.2 Å². The van der Waals surface area contributed by atoms with Crippen LogP contribution in [0, 0.1) is 0 Å². The zero-order valence-electron chi connectivity index (χ0n) is 16.6. The number of nitrogens with two attached hydrogens (primary N) is 1. The minimum Gasteiger partial charge on any atom is -0.369 e. The molecular formula is C21H22Cl2F3N5. The molecule has 0 fully saturated rings. The standard InChI is InChI=1S/C21H22Cl2F3N5/c22-12-1-3-16-14(11-12)13-6-9-31(17(5-7-27)19(13)29-16)10-8-28-18-4-2-15(23)20(30-18)21(24,25)26/h1-4,11,17,29H,5-10,27H2,(H,28,30). The van der Waals surface area contributed by atoms with Crippen LogP contribution in [0.25, 0.3) is 10.9 Å². The first-order valence-corrected chi connectivity index (χ1v) is 10.7. The molecule has 3 aromatic rings. The maximum absolute atomic E-state index is 13.0. The van der Waals surface area contributed by atoms with E-state index >= 15 is 0 Å². The predicted octanol–water partition coefficient (Wildman–Crippen LogP) is 5.25. The molecule has 2 aromatic heterocycles. The Labute approximate surface area is 187 Å². The third kappa shape index (κ3) is 4.62. The number of fused-ring (bicyclic) bond motifs is 3. The van der Waals surface area contributed by atoms with Crippen LogP contribution in [0.5, 0.6) is 0 Å². The zero-order chi connectivity index (χ0) is 22.2. The molecule has 5 nitrogen and oxygen atoms in total. The Morgan fingerprint density at radius 1 is 1.23 bits per heavy atom. The van der Waals surface area contributed by atoms with Gasteiger partial charge in [-0.2, -0.15) is 13.2 Å². The Balaban J connectivity index is 1.49. The fourth-order valence-corrected chi connectivity index (χ4v) is 4.59. The van der Waals surface area contributed by atoms with Gasteiger partial charge in [0.25, 0.3) is 0 Å². The van der Waals surface area contributed by atoms with Crippen molar-refractivity contribution < 1.29 is 13.2 Å². The summed E-state index contributed by atoms with van der Waals surface area (Å²) in [5, 5.41) is 4.40. The summed E-state index contributed by atoms with van der Waals surface area (Å²) in [6.45, 7) is 2.42. The Morgan fingerprint density at radius 3 is 2.77 bits per heavy atom. The molecule has 1 aliphatic heterocycles. The molecule has 0 radical (unpaired) electrons. The lowest BCUT2D eigenvalue weighted by Gasteiger charge is -2.35. The third-order valence-electron chi connectivity index (χ3n) is 5.58. The van der Waals surface area contributed by atoms with Crippen molar-refractivity contribution in [2.45, 2.75) is 25.1 Å². The van der Waals surface area contributed by atoms with Gasteiger partial charge in [0.1, 0.15) is 5.82 Å². The predicted molar refractivity (Wildman–Crippen MR) is 118 cm³/mol. The molecule has 0 bridgehead atoms. The molecule has 0 amide bonds. The molecule has 1 unspecified atom stereocenters. The molecule has 4 N–H and O–H groups in total. The SMILES string of the molecule is NCCC1c2[nH]c3ccc(Cl)cc3c2CCN1CCNc1ccc(Cl)c(C(F)(F)F)n1. The number of nitrogens with zero attached hydrogens (tertiary/aromatic N) is 2. The van der Waals surface area contributed by atoms with Crippen LogP contribution in [0.3, 0.4) is 0 Å². The lowest BCUT2D eigenvalue weighted by atomic mass is 9.95. The number of benzene rings is 1. The number of alkyl halides is 3. The Bertz CT molecular complexity index is 1080. The highest BCUT2D eigenvalue weighted by Gasteiger charge is 2.35. The van der Waals surface area contributed by atoms with Gasteiger partial charge in [0, 0.05) is 41.3 Å². The van der Waals surface area contributed by atoms with Crippen LogP contribution in [-0.4, -0.2) is 41.0 Å². The van der Waals surface area contributed by atoms with E-state index < -0.39 is 16.9 Å². The van der Waals surface area contributed by atoms with E-state index in [-0.39, 0.29) is 11.9 Å². The molecule has 1 atom stereocenters. The Kier molecular flexibility index (Phi) is 6.35. The average molecular weight is 472 g/mol. The number of hydrogen-bond acceptors (Lipinski definition) is 4. The molecule has 4 rings (SSSR count). The number of nitrogens with one attached hydrogen (secondary N) is 2. The van der Waals surface area contributed by atoms with Crippen LogP contribution < -0.4 is 11.1 Å². The first-order chi connectivity index (χ1) is 14.8. The number of pyridine rings is 1. The molecule has 0 spiro atoms. The largest absolute Gasteiger partial charge is 0.434 e. The summed E-state index contributed by atoms with van der Waals surface area (Å²) < 4.78 is 39.1. The van der Waals surface area contributed by atoms with Crippen LogP contribution in [0.15, 0.2) is 30.3 Å². The molecular weight excluding hydrogens is 450 g/mol. The smallest absolute Gasteiger partial charge is 0.369 e. The zero-order valence-corrected chi connectivity index (χ0v) is 18.1. The lowest BCUT2D eigenvalue weighted by molar-refractivity contribution is -0.141. The van der Waals surface area contributed by atoms with E-state index in [0.717, 1.165) is 36.0 Å². The molecule has 3 heterocycles. The Morgan fingerprint density at radius 2 is 2.03 bits per heavy atom. The average Bonchev–Trinajstić information content (AvgIpc) is 3.08. The van der Waals surface area contributed by atoms with Crippen molar-refractivity contribution in [2.24, 2.45) is 5.73 Å². The van der Waals surface area contributed by atoms with Gasteiger partial charge in [-0.3, -0.25) is 4.90 Å². The number of rotatable bonds is 6. The van der Waals surface area contributed by atoms with E-state index in [2.05, 4.69) is 20.2 Å². The van der Waals surface area contributed by atoms with Crippen molar-refractivity contribution in [3.05, 3.63) is 57.3 Å². The van der Waals surface area contributed by atoms with Gasteiger partial charge in [0.2, 0.25) is 0 Å². The second-order valence-electron chi connectivity index (χ2n) is 7.54. The van der Waals surface area contributed by atoms with E-state index in [1.807, 2.05) is 18.2 Å². The molecule has 1 aliphatic rings. The summed E-state index contributed by atoms with van der Waals surface area (Å²) in [5.41, 5.74) is 8.24. The van der Waals surface area contributed by atoms with Gasteiger partial charge in [-0.05, 0) is 55.3 Å². The van der Waals surface area contributed by atoms with Crippen molar-refractivity contribution in [2.75, 3.05) is 31.5 Å². The third-order valence-corrected chi connectivity index (χ3v) is 6.12. The summed E-state index contributed by atoms with van der Waals surface area (Å²) in [6, 6.07) is 8.58. The van der Waals surface area contributed by atoms with E-state index in [4.69, 9.17) is 28.9 Å². The van der Waals surface area contributed by atoms with Crippen molar-refractivity contribution in [1.82, 2.24) is 14.9 Å². The highest BCUT2D eigenvalue weighted by Crippen LogP contribution is 2.37. The molecule has 0 aliphatic carbocycles. The van der Waals surface area contributed by atoms with Crippen molar-refractivity contribution in [3.8, 4) is 0 Å². The number of anilines is 1. The summed E-state index contributed by atoms with van der Waals surface area (Å²) >= 11 is 11.8. The van der Waals surface area contributed by atoms with Gasteiger partial charge in [0.15, 0.2) is 5.69 Å². The summed E-state index contributed by atoms with van der Waals surface area (Å²) in [6.07, 6.45) is -2.97. The maximum Gasteiger partial charge on any atom is 0.434 e. The van der Waals surface area contributed by atoms with Gasteiger partial charge in [-0.1, -0.05) is 23.2 Å². The fraction of sp³-hybridized carbons (Fsp3) is 0.381. The fourth-order valence-electron chi connectivity index (χ4n) is 4.21. The van der Waals surface area contributed by atoms with Gasteiger partial charge in [-0.15, -0.1) is 0 Å². The molecule has 0 saturated carbocycles. The van der Waals surface area contributed by atoms with E-state index in [1.54, 1.807) is 0 Å². The summed E-state index contributed by atoms with van der Waals surface area (Å²) in [4.78, 5) is 9.44. The first-order valence-electron chi connectivity index (χ1n) is 9.99. The van der Waals surface area contributed by atoms with Crippen molar-refractivity contribution in [3.63, 3.8) is 0 Å². The first kappa shape index (κ1) is 22.2. The molecule has 31 heavy (non-hydrogen) atoms. The van der Waals surface area contributed by atoms with Crippen LogP contribution in [0.2, 0.25) is 10.0 Å². The van der Waals surface area contributed by atoms with Crippen LogP contribution in [-0.2, 0) is 12.6 Å². The summed E-state index contributed by atoms with van der Waals surface area (Å²) in [7, 11) is 0. The summed E-state index contributed by atoms with van der Waals surface area (Å²) in [5.74, 6) is 0.144. The maximum atomic E-state index is 13.0. The number of aromatic amines is 1. The normalized spacial score (nSPS) is 17.2. The minimum atomic E-state index is -4.59. The minimum absolute atomic E-state index is 0.102. The van der Waals surface area contributed by atoms with Gasteiger partial charge >= 0.3 is 6.18 Å². The van der Waals surface area contributed by atoms with Crippen molar-refractivity contribution in [1.29, 1.82) is 0 Å². The quantitative estimate of drug-likeness (QED) is 0.459. The monoisotopic (exact) mass is 471 g/mol. The van der Waals surface area contributed by atoms with E-state index in [0.29, 0.717) is 24.7 Å². The van der Waals surface area contributed by atoms with Gasteiger partial charge in [-0.25, -0.2) is 4.98 Å². The lowest BCUT2D eigenvalue weighted by Crippen LogP contribution is -2.39. The van der Waals surface area contributed by atoms with Crippen molar-refractivity contribution >= 4 is 39.9 Å². The second-order valence-corrected chi connectivity index (χ2v) is 8.38.